The molecule has 0 spiro atoms. The second kappa shape index (κ2) is 6.63. The lowest BCUT2D eigenvalue weighted by molar-refractivity contribution is -0.125. The number of anilines is 1. The van der Waals surface area contributed by atoms with Crippen LogP contribution in [0, 0.1) is 5.92 Å². The van der Waals surface area contributed by atoms with Crippen LogP contribution in [0.3, 0.4) is 0 Å². The summed E-state index contributed by atoms with van der Waals surface area (Å²) in [4.78, 5) is 19.3. The van der Waals surface area contributed by atoms with E-state index in [1.807, 2.05) is 30.5 Å². The molecule has 4 nitrogen and oxygen atoms in total. The summed E-state index contributed by atoms with van der Waals surface area (Å²) >= 11 is 0. The van der Waals surface area contributed by atoms with Gasteiger partial charge in [0.05, 0.1) is 5.92 Å². The Balaban J connectivity index is 1.34. The van der Waals surface area contributed by atoms with Crippen molar-refractivity contribution in [3.05, 3.63) is 60.3 Å². The van der Waals surface area contributed by atoms with E-state index < -0.39 is 0 Å². The highest BCUT2D eigenvalue weighted by molar-refractivity contribution is 5.80. The van der Waals surface area contributed by atoms with E-state index in [1.165, 1.54) is 5.56 Å². The summed E-state index contributed by atoms with van der Waals surface area (Å²) < 4.78 is 0. The highest BCUT2D eigenvalue weighted by Gasteiger charge is 2.40. The van der Waals surface area contributed by atoms with Gasteiger partial charge in [-0.15, -0.1) is 0 Å². The first kappa shape index (κ1) is 15.2. The number of carbonyl (C=O) groups excluding carboxylic acids is 1. The van der Waals surface area contributed by atoms with Gasteiger partial charge in [0, 0.05) is 31.2 Å². The molecule has 3 atom stereocenters. The van der Waals surface area contributed by atoms with Crippen molar-refractivity contribution >= 4 is 11.7 Å². The summed E-state index contributed by atoms with van der Waals surface area (Å²) in [5.41, 5.74) is 1.33. The smallest absolute Gasteiger partial charge is 0.225 e. The maximum Gasteiger partial charge on any atom is 0.225 e. The lowest BCUT2D eigenvalue weighted by Gasteiger charge is -2.32. The third-order valence-corrected chi connectivity index (χ3v) is 5.11. The van der Waals surface area contributed by atoms with Crippen molar-refractivity contribution < 1.29 is 4.79 Å². The number of carbonyl (C=O) groups is 1. The third kappa shape index (κ3) is 3.28. The Morgan fingerprint density at radius 2 is 1.96 bits per heavy atom. The van der Waals surface area contributed by atoms with E-state index in [9.17, 15) is 4.79 Å². The van der Waals surface area contributed by atoms with Crippen molar-refractivity contribution in [1.29, 1.82) is 0 Å². The van der Waals surface area contributed by atoms with Gasteiger partial charge >= 0.3 is 0 Å². The van der Waals surface area contributed by atoms with Crippen LogP contribution in [0.2, 0.25) is 0 Å². The summed E-state index contributed by atoms with van der Waals surface area (Å²) in [6.45, 7) is 1.75. The molecule has 2 fully saturated rings. The minimum atomic E-state index is 0.0674. The first-order chi connectivity index (χ1) is 11.8. The second-order valence-electron chi connectivity index (χ2n) is 6.84. The molecule has 3 unspecified atom stereocenters. The average molecular weight is 321 g/mol. The third-order valence-electron chi connectivity index (χ3n) is 5.11. The Hall–Kier alpha value is -2.36. The molecule has 4 heteroatoms. The summed E-state index contributed by atoms with van der Waals surface area (Å²) in [7, 11) is 0. The van der Waals surface area contributed by atoms with E-state index in [4.69, 9.17) is 0 Å². The second-order valence-corrected chi connectivity index (χ2v) is 6.84. The van der Waals surface area contributed by atoms with Crippen LogP contribution in [0.25, 0.3) is 0 Å². The quantitative estimate of drug-likeness (QED) is 0.941. The normalized spacial score (nSPS) is 26.0. The molecule has 4 rings (SSSR count). The topological polar surface area (TPSA) is 45.2 Å². The van der Waals surface area contributed by atoms with Gasteiger partial charge in [0.15, 0.2) is 0 Å². The molecule has 1 aliphatic carbocycles. The Bertz CT molecular complexity index is 689. The fourth-order valence-electron chi connectivity index (χ4n) is 3.66. The maximum absolute atomic E-state index is 12.6. The molecule has 2 aliphatic rings. The maximum atomic E-state index is 12.6. The van der Waals surface area contributed by atoms with E-state index in [1.54, 1.807) is 0 Å². The summed E-state index contributed by atoms with van der Waals surface area (Å²) in [6.07, 6.45) is 4.89. The molecule has 1 saturated carbocycles. The van der Waals surface area contributed by atoms with Crippen LogP contribution in [-0.4, -0.2) is 30.0 Å². The van der Waals surface area contributed by atoms with Crippen LogP contribution in [0.5, 0.6) is 0 Å². The molecule has 1 aromatic carbocycles. The van der Waals surface area contributed by atoms with Gasteiger partial charge < -0.3 is 10.2 Å². The van der Waals surface area contributed by atoms with Crippen LogP contribution >= 0.6 is 0 Å². The standard InChI is InChI=1S/C20H23N3O/c24-20(22-18-13-17(18)15-7-2-1-3-8-15)16-9-6-12-23(14-16)19-10-4-5-11-21-19/h1-5,7-8,10-11,16-18H,6,9,12-14H2,(H,22,24). The molecule has 1 amide bonds. The molecular formula is C20H23N3O. The van der Waals surface area contributed by atoms with Gasteiger partial charge in [-0.1, -0.05) is 36.4 Å². The van der Waals surface area contributed by atoms with Crippen LogP contribution < -0.4 is 10.2 Å². The monoisotopic (exact) mass is 321 g/mol. The molecule has 124 valence electrons. The minimum Gasteiger partial charge on any atom is -0.356 e. The highest BCUT2D eigenvalue weighted by Crippen LogP contribution is 2.40. The fourth-order valence-corrected chi connectivity index (χ4v) is 3.66. The van der Waals surface area contributed by atoms with E-state index in [0.717, 1.165) is 38.2 Å². The molecule has 1 saturated heterocycles. The first-order valence-electron chi connectivity index (χ1n) is 8.82. The van der Waals surface area contributed by atoms with Crippen molar-refractivity contribution in [2.24, 2.45) is 5.92 Å². The van der Waals surface area contributed by atoms with Gasteiger partial charge in [-0.05, 0) is 37.0 Å². The average Bonchev–Trinajstić information content (AvgIpc) is 3.42. The summed E-state index contributed by atoms with van der Waals surface area (Å²) in [6, 6.07) is 16.7. The summed E-state index contributed by atoms with van der Waals surface area (Å²) in [5, 5.41) is 3.26. The number of hydrogen-bond acceptors (Lipinski definition) is 3. The molecule has 1 aliphatic heterocycles. The molecule has 2 aromatic rings. The van der Waals surface area contributed by atoms with Crippen molar-refractivity contribution in [1.82, 2.24) is 10.3 Å². The lowest BCUT2D eigenvalue weighted by atomic mass is 9.97. The van der Waals surface area contributed by atoms with E-state index in [2.05, 4.69) is 39.5 Å². The first-order valence-corrected chi connectivity index (χ1v) is 8.82. The molecular weight excluding hydrogens is 298 g/mol. The number of amides is 1. The SMILES string of the molecule is O=C(NC1CC1c1ccccc1)C1CCCN(c2ccccn2)C1. The number of nitrogens with one attached hydrogen (secondary N) is 1. The molecule has 24 heavy (non-hydrogen) atoms. The van der Waals surface area contributed by atoms with Gasteiger partial charge in [-0.2, -0.15) is 0 Å². The Labute approximate surface area is 142 Å². The molecule has 2 heterocycles. The predicted octanol–water partition coefficient (Wildman–Crippen LogP) is 2.97. The highest BCUT2D eigenvalue weighted by atomic mass is 16.2. The Kier molecular flexibility index (Phi) is 4.20. The number of piperidine rings is 1. The zero-order chi connectivity index (χ0) is 16.4. The Morgan fingerprint density at radius 1 is 1.12 bits per heavy atom. The number of hydrogen-bond donors (Lipinski definition) is 1. The molecule has 1 aromatic heterocycles. The zero-order valence-electron chi connectivity index (χ0n) is 13.8. The van der Waals surface area contributed by atoms with E-state index in [-0.39, 0.29) is 11.8 Å². The fraction of sp³-hybridized carbons (Fsp3) is 0.400. The molecule has 0 radical (unpaired) electrons. The molecule has 0 bridgehead atoms. The number of nitrogens with zero attached hydrogens (tertiary/aromatic N) is 2. The van der Waals surface area contributed by atoms with Crippen LogP contribution in [0.4, 0.5) is 5.82 Å². The van der Waals surface area contributed by atoms with Gasteiger partial charge in [0.2, 0.25) is 5.91 Å². The largest absolute Gasteiger partial charge is 0.356 e. The van der Waals surface area contributed by atoms with Gasteiger partial charge in [0.1, 0.15) is 5.82 Å². The van der Waals surface area contributed by atoms with Gasteiger partial charge in [-0.3, -0.25) is 4.79 Å². The van der Waals surface area contributed by atoms with Crippen molar-refractivity contribution in [3.63, 3.8) is 0 Å². The van der Waals surface area contributed by atoms with Crippen molar-refractivity contribution in [2.45, 2.75) is 31.2 Å². The van der Waals surface area contributed by atoms with E-state index in [0.29, 0.717) is 12.0 Å². The van der Waals surface area contributed by atoms with E-state index >= 15 is 0 Å². The van der Waals surface area contributed by atoms with Crippen LogP contribution in [0.15, 0.2) is 54.7 Å². The minimum absolute atomic E-state index is 0.0674. The molecule has 1 N–H and O–H groups in total. The zero-order valence-corrected chi connectivity index (χ0v) is 13.8. The number of benzene rings is 1. The number of aromatic nitrogens is 1. The van der Waals surface area contributed by atoms with Gasteiger partial charge in [0.25, 0.3) is 0 Å². The Morgan fingerprint density at radius 3 is 2.75 bits per heavy atom. The number of pyridine rings is 1. The van der Waals surface area contributed by atoms with Crippen molar-refractivity contribution in [3.8, 4) is 0 Å². The van der Waals surface area contributed by atoms with Crippen LogP contribution in [0.1, 0.15) is 30.7 Å². The van der Waals surface area contributed by atoms with Gasteiger partial charge in [-0.25, -0.2) is 4.98 Å². The summed E-state index contributed by atoms with van der Waals surface area (Å²) in [5.74, 6) is 1.74. The van der Waals surface area contributed by atoms with Crippen LogP contribution in [-0.2, 0) is 4.79 Å². The lowest BCUT2D eigenvalue weighted by Crippen LogP contribution is -2.44. The van der Waals surface area contributed by atoms with Crippen molar-refractivity contribution in [2.75, 3.05) is 18.0 Å². The predicted molar refractivity (Wildman–Crippen MR) is 94.9 cm³/mol. The number of rotatable bonds is 4.